The van der Waals surface area contributed by atoms with E-state index < -0.39 is 24.1 Å². The van der Waals surface area contributed by atoms with Gasteiger partial charge in [-0.2, -0.15) is 0 Å². The second-order valence-electron chi connectivity index (χ2n) is 9.12. The van der Waals surface area contributed by atoms with E-state index in [2.05, 4.69) is 16.0 Å². The van der Waals surface area contributed by atoms with Crippen molar-refractivity contribution in [1.29, 1.82) is 0 Å². The Morgan fingerprint density at radius 1 is 0.673 bits per heavy atom. The third kappa shape index (κ3) is 27.3. The third-order valence-corrected chi connectivity index (χ3v) is 5.56. The number of nitrogens with one attached hydrogen (secondary N) is 3. The first-order chi connectivity index (χ1) is 23.1. The lowest BCUT2D eigenvalue weighted by Gasteiger charge is -2.21. The first-order valence-electron chi connectivity index (χ1n) is 16.3. The Kier molecular flexibility index (Phi) is 38.7. The van der Waals surface area contributed by atoms with Gasteiger partial charge in [-0.05, 0) is 56.9 Å². The quantitative estimate of drug-likeness (QED) is 0.147. The van der Waals surface area contributed by atoms with Gasteiger partial charge in [-0.15, -0.1) is 0 Å². The van der Waals surface area contributed by atoms with Crippen molar-refractivity contribution in [3.63, 3.8) is 0 Å². The largest absolute Gasteiger partial charge is 0.462 e. The Bertz CT molecular complexity index is 1120. The molecule has 284 valence electrons. The first-order valence-corrected chi connectivity index (χ1v) is 16.3. The summed E-state index contributed by atoms with van der Waals surface area (Å²) in [7, 11) is 1.50. The van der Waals surface area contributed by atoms with Crippen molar-refractivity contribution in [2.24, 2.45) is 0 Å². The zero-order valence-electron chi connectivity index (χ0n) is 32.6. The number of anilines is 1. The normalized spacial score (nSPS) is 10.0. The second kappa shape index (κ2) is 35.0. The lowest BCUT2D eigenvalue weighted by Crippen LogP contribution is -2.38. The smallest absolute Gasteiger partial charge is 0.303 e. The molecule has 0 aliphatic carbocycles. The molecule has 0 fully saturated rings. The zero-order valence-corrected chi connectivity index (χ0v) is 32.6. The Hall–Kier alpha value is -4.33. The van der Waals surface area contributed by atoms with Crippen LogP contribution >= 0.6 is 0 Å². The van der Waals surface area contributed by atoms with E-state index in [1.165, 1.54) is 41.7 Å². The molecule has 1 aromatic carbocycles. The van der Waals surface area contributed by atoms with Gasteiger partial charge in [-0.3, -0.25) is 28.8 Å². The summed E-state index contributed by atoms with van der Waals surface area (Å²) >= 11 is 0. The van der Waals surface area contributed by atoms with Crippen LogP contribution in [0.5, 0.6) is 0 Å². The fourth-order valence-electron chi connectivity index (χ4n) is 3.66. The monoisotopic (exact) mass is 701 g/mol. The van der Waals surface area contributed by atoms with Gasteiger partial charge in [-0.1, -0.05) is 41.5 Å². The topological polar surface area (TPSA) is 192 Å². The van der Waals surface area contributed by atoms with Crippen LogP contribution in [-0.4, -0.2) is 88.0 Å². The van der Waals surface area contributed by atoms with Crippen LogP contribution in [0.4, 0.5) is 5.69 Å². The van der Waals surface area contributed by atoms with Crippen molar-refractivity contribution in [1.82, 2.24) is 10.6 Å². The number of ether oxygens (including phenoxy) is 4. The van der Waals surface area contributed by atoms with Crippen LogP contribution in [0.3, 0.4) is 0 Å². The van der Waals surface area contributed by atoms with Crippen LogP contribution in [-0.2, 0) is 47.7 Å². The number of aldehydes is 1. The molecule has 1 rings (SSSR count). The second-order valence-corrected chi connectivity index (χ2v) is 9.12. The number of rotatable bonds is 13. The molecule has 49 heavy (non-hydrogen) atoms. The summed E-state index contributed by atoms with van der Waals surface area (Å²) < 4.78 is 19.5. The molecule has 0 aliphatic heterocycles. The van der Waals surface area contributed by atoms with Crippen LogP contribution in [0.2, 0.25) is 0 Å². The molecule has 3 N–H and O–H groups in total. The van der Waals surface area contributed by atoms with Crippen molar-refractivity contribution >= 4 is 48.1 Å². The van der Waals surface area contributed by atoms with E-state index in [1.54, 1.807) is 6.92 Å². The Morgan fingerprint density at radius 3 is 1.49 bits per heavy atom. The minimum Gasteiger partial charge on any atom is -0.462 e. The molecule has 0 radical (unpaired) electrons. The molecule has 2 unspecified atom stereocenters. The molecule has 1 aromatic rings. The molecule has 0 saturated carbocycles. The predicted octanol–water partition coefficient (Wildman–Crippen LogP) is 4.70. The molecular weight excluding hydrogens is 638 g/mol. The SMILES string of the molecule is CC.CC.CC.CC(=O)Nc1c(C)c(C)c(C)c(C(=O)NCC(COC(C)=O)OC(C)=O)c1C.CC=O.COCC(CNC=O)OC(C)=O. The highest BCUT2D eigenvalue weighted by atomic mass is 16.6. The number of benzene rings is 1. The van der Waals surface area contributed by atoms with Gasteiger partial charge in [0.1, 0.15) is 19.0 Å². The predicted molar refractivity (Wildman–Crippen MR) is 191 cm³/mol. The Balaban J connectivity index is -0.000000255. The average molecular weight is 702 g/mol. The highest BCUT2D eigenvalue weighted by Crippen LogP contribution is 2.30. The molecule has 0 heterocycles. The van der Waals surface area contributed by atoms with Gasteiger partial charge in [0.05, 0.1) is 19.7 Å². The van der Waals surface area contributed by atoms with Crippen LogP contribution in [0.15, 0.2) is 0 Å². The maximum absolute atomic E-state index is 12.8. The van der Waals surface area contributed by atoms with Crippen molar-refractivity contribution in [2.75, 3.05) is 38.7 Å². The lowest BCUT2D eigenvalue weighted by molar-refractivity contribution is -0.155. The maximum Gasteiger partial charge on any atom is 0.303 e. The van der Waals surface area contributed by atoms with Gasteiger partial charge >= 0.3 is 17.9 Å². The third-order valence-electron chi connectivity index (χ3n) is 5.56. The molecule has 3 amide bonds. The van der Waals surface area contributed by atoms with Gasteiger partial charge in [0.15, 0.2) is 6.10 Å². The standard InChI is InChI=1S/C20H28N2O6.C7H13NO4.C2H4O.3C2H6/c1-10-11(2)18(13(4)19(12(10)3)22-14(5)23)20(26)21-8-17(28-16(7)25)9-27-15(6)24;1-6(10)12-7(4-11-2)3-8-5-9;1-2-3;3*1-2/h17H,8-9H2,1-7H3,(H,21,26)(H,22,23);5,7H,3-4H2,1-2H3,(H,8,9);2H,1H3;3*1-2H3. The van der Waals surface area contributed by atoms with Crippen molar-refractivity contribution < 1.29 is 52.5 Å². The first kappa shape index (κ1) is 54.1. The highest BCUT2D eigenvalue weighted by molar-refractivity contribution is 6.01. The molecule has 2 atom stereocenters. The van der Waals surface area contributed by atoms with Gasteiger partial charge in [0, 0.05) is 46.1 Å². The molecule has 0 aromatic heterocycles. The summed E-state index contributed by atoms with van der Waals surface area (Å²) in [6.07, 6.45) is 0.0941. The summed E-state index contributed by atoms with van der Waals surface area (Å²) in [6.45, 7) is 26.4. The van der Waals surface area contributed by atoms with E-state index in [-0.39, 0.29) is 44.1 Å². The highest BCUT2D eigenvalue weighted by Gasteiger charge is 2.22. The summed E-state index contributed by atoms with van der Waals surface area (Å²) in [4.78, 5) is 75.8. The number of esters is 3. The Morgan fingerprint density at radius 2 is 1.12 bits per heavy atom. The fourth-order valence-corrected chi connectivity index (χ4v) is 3.66. The molecule has 0 saturated heterocycles. The van der Waals surface area contributed by atoms with Gasteiger partial charge < -0.3 is 39.7 Å². The molecule has 0 aliphatic rings. The van der Waals surface area contributed by atoms with Crippen molar-refractivity contribution in [3.05, 3.63) is 27.8 Å². The Labute approximate surface area is 293 Å². The van der Waals surface area contributed by atoms with Crippen LogP contribution in [0.25, 0.3) is 0 Å². The van der Waals surface area contributed by atoms with Crippen LogP contribution in [0, 0.1) is 27.7 Å². The van der Waals surface area contributed by atoms with Crippen LogP contribution in [0.1, 0.15) is 109 Å². The van der Waals surface area contributed by atoms with Gasteiger partial charge in [0.2, 0.25) is 12.3 Å². The lowest BCUT2D eigenvalue weighted by atomic mass is 9.91. The fraction of sp³-hybridized carbons (Fsp3) is 0.629. The number of carbonyl (C=O) groups excluding carboxylic acids is 7. The number of amides is 3. The summed E-state index contributed by atoms with van der Waals surface area (Å²) in [5.41, 5.74) is 4.30. The number of methoxy groups -OCH3 is 1. The molecule has 0 bridgehead atoms. The summed E-state index contributed by atoms with van der Waals surface area (Å²) in [5.74, 6) is -2.03. The molecule has 14 heteroatoms. The summed E-state index contributed by atoms with van der Waals surface area (Å²) in [5, 5.41) is 7.90. The van der Waals surface area contributed by atoms with E-state index in [4.69, 9.17) is 23.7 Å². The zero-order chi connectivity index (χ0) is 39.7. The number of carbonyl (C=O) groups is 7. The van der Waals surface area contributed by atoms with E-state index in [0.29, 0.717) is 23.2 Å². The molecule has 0 spiro atoms. The van der Waals surface area contributed by atoms with E-state index in [0.717, 1.165) is 23.0 Å². The summed E-state index contributed by atoms with van der Waals surface area (Å²) in [6, 6.07) is 0. The molecule has 14 nitrogen and oxygen atoms in total. The number of hydrogen-bond donors (Lipinski definition) is 3. The van der Waals surface area contributed by atoms with Crippen molar-refractivity contribution in [2.45, 2.75) is 116 Å². The van der Waals surface area contributed by atoms with E-state index in [1.807, 2.05) is 62.3 Å². The van der Waals surface area contributed by atoms with E-state index >= 15 is 0 Å². The van der Waals surface area contributed by atoms with Gasteiger partial charge in [-0.25, -0.2) is 0 Å². The van der Waals surface area contributed by atoms with Gasteiger partial charge in [0.25, 0.3) is 5.91 Å². The maximum atomic E-state index is 12.8. The minimum absolute atomic E-state index is 0.0209. The van der Waals surface area contributed by atoms with E-state index in [9.17, 15) is 28.8 Å². The average Bonchev–Trinajstić information content (AvgIpc) is 3.05. The number of hydrogen-bond acceptors (Lipinski definition) is 11. The van der Waals surface area contributed by atoms with Crippen LogP contribution < -0.4 is 16.0 Å². The van der Waals surface area contributed by atoms with Crippen molar-refractivity contribution in [3.8, 4) is 0 Å². The minimum atomic E-state index is -0.799. The molecular formula is C35H63N3O11.